The molecule has 174 valence electrons. The number of carbonyl (C=O) groups excluding carboxylic acids is 2. The van der Waals surface area contributed by atoms with E-state index in [0.29, 0.717) is 17.9 Å². The highest BCUT2D eigenvalue weighted by Crippen LogP contribution is 2.39. The summed E-state index contributed by atoms with van der Waals surface area (Å²) in [7, 11) is 0. The average molecular weight is 474 g/mol. The molecule has 7 heteroatoms. The van der Waals surface area contributed by atoms with Crippen LogP contribution in [0.5, 0.6) is 0 Å². The number of nitrogens with one attached hydrogen (secondary N) is 1. The first-order valence-corrected chi connectivity index (χ1v) is 12.2. The molecule has 1 N–H and O–H groups in total. The van der Waals surface area contributed by atoms with Gasteiger partial charge in [-0.15, -0.1) is 11.3 Å². The second-order valence-electron chi connectivity index (χ2n) is 8.26. The third-order valence-electron chi connectivity index (χ3n) is 6.00. The highest BCUT2D eigenvalue weighted by molar-refractivity contribution is 7.15. The second-order valence-corrected chi connectivity index (χ2v) is 9.35. The molecule has 0 aliphatic heterocycles. The zero-order valence-electron chi connectivity index (χ0n) is 19.6. The Hall–Kier alpha value is -3.63. The van der Waals surface area contributed by atoms with E-state index in [0.717, 1.165) is 53.2 Å². The van der Waals surface area contributed by atoms with Gasteiger partial charge in [0.2, 0.25) is 0 Å². The van der Waals surface area contributed by atoms with Gasteiger partial charge in [0.25, 0.3) is 5.91 Å². The summed E-state index contributed by atoms with van der Waals surface area (Å²) in [4.78, 5) is 26.9. The zero-order chi connectivity index (χ0) is 24.2. The molecule has 0 saturated carbocycles. The fraction of sp³-hybridized carbons (Fsp3) is 0.296. The van der Waals surface area contributed by atoms with Crippen LogP contribution in [0.2, 0.25) is 0 Å². The number of esters is 1. The number of amides is 1. The number of nitrogens with zero attached hydrogens (tertiary/aromatic N) is 2. The number of para-hydroxylation sites is 1. The number of anilines is 1. The minimum Gasteiger partial charge on any atom is -0.462 e. The molecule has 0 bridgehead atoms. The highest BCUT2D eigenvalue weighted by atomic mass is 32.1. The third kappa shape index (κ3) is 4.55. The van der Waals surface area contributed by atoms with Gasteiger partial charge in [-0.2, -0.15) is 5.26 Å². The van der Waals surface area contributed by atoms with E-state index in [4.69, 9.17) is 4.74 Å². The van der Waals surface area contributed by atoms with Gasteiger partial charge >= 0.3 is 5.97 Å². The summed E-state index contributed by atoms with van der Waals surface area (Å²) in [5, 5.41) is 13.3. The van der Waals surface area contributed by atoms with Gasteiger partial charge in [0.15, 0.2) is 0 Å². The number of aromatic nitrogens is 1. The molecule has 0 radical (unpaired) electrons. The van der Waals surface area contributed by atoms with Crippen LogP contribution in [0, 0.1) is 25.2 Å². The van der Waals surface area contributed by atoms with E-state index in [1.165, 1.54) is 4.88 Å². The maximum Gasteiger partial charge on any atom is 0.341 e. The van der Waals surface area contributed by atoms with Crippen LogP contribution >= 0.6 is 11.3 Å². The largest absolute Gasteiger partial charge is 0.462 e. The minimum atomic E-state index is -0.461. The maximum atomic E-state index is 13.0. The first kappa shape index (κ1) is 23.5. The van der Waals surface area contributed by atoms with Crippen LogP contribution in [0.15, 0.2) is 42.0 Å². The van der Waals surface area contributed by atoms with Crippen LogP contribution < -0.4 is 5.32 Å². The Balaban J connectivity index is 1.75. The fourth-order valence-corrected chi connectivity index (χ4v) is 5.88. The fourth-order valence-electron chi connectivity index (χ4n) is 4.39. The standard InChI is InChI=1S/C27H27N3O3S/c1-4-33-27(32)24-22-12-8-9-13-23(22)34-26(24)30-17(2)14-19(18(30)3)15-20(16-28)25(31)29-21-10-6-5-7-11-21/h5-7,10-11,14-15H,4,8-9,12-13H2,1-3H3,(H,29,31)/b20-15-. The summed E-state index contributed by atoms with van der Waals surface area (Å²) in [5.41, 5.74) is 4.95. The number of aryl methyl sites for hydroxylation is 2. The minimum absolute atomic E-state index is 0.0141. The van der Waals surface area contributed by atoms with E-state index >= 15 is 0 Å². The highest BCUT2D eigenvalue weighted by Gasteiger charge is 2.28. The maximum absolute atomic E-state index is 13.0. The molecular weight excluding hydrogens is 446 g/mol. The molecule has 1 aromatic carbocycles. The van der Waals surface area contributed by atoms with E-state index in [2.05, 4.69) is 5.32 Å². The lowest BCUT2D eigenvalue weighted by Crippen LogP contribution is -2.13. The van der Waals surface area contributed by atoms with Crippen LogP contribution in [0.25, 0.3) is 11.1 Å². The van der Waals surface area contributed by atoms with Gasteiger partial charge in [-0.1, -0.05) is 18.2 Å². The number of fused-ring (bicyclic) bond motifs is 1. The van der Waals surface area contributed by atoms with Crippen molar-refractivity contribution in [3.05, 3.63) is 74.9 Å². The lowest BCUT2D eigenvalue weighted by atomic mass is 9.95. The first-order valence-electron chi connectivity index (χ1n) is 11.4. The van der Waals surface area contributed by atoms with Crippen molar-refractivity contribution < 1.29 is 14.3 Å². The molecule has 0 saturated heterocycles. The molecule has 2 heterocycles. The molecule has 0 spiro atoms. The predicted molar refractivity (Wildman–Crippen MR) is 134 cm³/mol. The number of carbonyl (C=O) groups is 2. The quantitative estimate of drug-likeness (QED) is 0.280. The zero-order valence-corrected chi connectivity index (χ0v) is 20.4. The summed E-state index contributed by atoms with van der Waals surface area (Å²) < 4.78 is 7.46. The van der Waals surface area contributed by atoms with Crippen molar-refractivity contribution >= 4 is 35.0 Å². The van der Waals surface area contributed by atoms with Gasteiger partial charge in [0.05, 0.1) is 12.2 Å². The molecule has 1 aliphatic rings. The lowest BCUT2D eigenvalue weighted by molar-refractivity contribution is -0.112. The van der Waals surface area contributed by atoms with Crippen molar-refractivity contribution in [1.29, 1.82) is 5.26 Å². The van der Waals surface area contributed by atoms with Crippen LogP contribution in [-0.2, 0) is 22.4 Å². The summed E-state index contributed by atoms with van der Waals surface area (Å²) in [6.45, 7) is 6.04. The Morgan fingerprint density at radius 3 is 2.65 bits per heavy atom. The monoisotopic (exact) mass is 473 g/mol. The van der Waals surface area contributed by atoms with E-state index in [1.807, 2.05) is 55.7 Å². The van der Waals surface area contributed by atoms with Gasteiger partial charge < -0.3 is 14.6 Å². The number of thiophene rings is 1. The van der Waals surface area contributed by atoms with E-state index in [9.17, 15) is 14.9 Å². The summed E-state index contributed by atoms with van der Waals surface area (Å²) >= 11 is 1.64. The topological polar surface area (TPSA) is 84.1 Å². The van der Waals surface area contributed by atoms with E-state index in [-0.39, 0.29) is 11.5 Å². The number of nitriles is 1. The molecule has 0 unspecified atom stereocenters. The number of hydrogen-bond donors (Lipinski definition) is 1. The SMILES string of the molecule is CCOC(=O)c1c(-n2c(C)cc(/C=C(/C#N)C(=O)Nc3ccccc3)c2C)sc2c1CCCC2. The Labute approximate surface area is 203 Å². The van der Waals surface area contributed by atoms with Crippen molar-refractivity contribution in [2.24, 2.45) is 0 Å². The van der Waals surface area contributed by atoms with Crippen molar-refractivity contribution in [2.75, 3.05) is 11.9 Å². The molecule has 6 nitrogen and oxygen atoms in total. The molecular formula is C27H27N3O3S. The molecule has 0 fully saturated rings. The van der Waals surface area contributed by atoms with Gasteiger partial charge in [0, 0.05) is 22.0 Å². The normalized spacial score (nSPS) is 13.2. The number of benzene rings is 1. The van der Waals surface area contributed by atoms with Crippen molar-refractivity contribution in [2.45, 2.75) is 46.5 Å². The molecule has 3 aromatic rings. The van der Waals surface area contributed by atoms with E-state index in [1.54, 1.807) is 29.5 Å². The smallest absolute Gasteiger partial charge is 0.341 e. The lowest BCUT2D eigenvalue weighted by Gasteiger charge is -2.13. The Morgan fingerprint density at radius 2 is 1.94 bits per heavy atom. The van der Waals surface area contributed by atoms with Crippen LogP contribution in [0.1, 0.15) is 57.5 Å². The third-order valence-corrected chi connectivity index (χ3v) is 7.28. The van der Waals surface area contributed by atoms with Crippen molar-refractivity contribution in [1.82, 2.24) is 4.57 Å². The molecule has 0 atom stereocenters. The molecule has 4 rings (SSSR count). The summed E-state index contributed by atoms with van der Waals surface area (Å²) in [5.74, 6) is -0.751. The first-order chi connectivity index (χ1) is 16.4. The Morgan fingerprint density at radius 1 is 1.21 bits per heavy atom. The average Bonchev–Trinajstić information content (AvgIpc) is 3.34. The van der Waals surface area contributed by atoms with Crippen molar-refractivity contribution in [3.63, 3.8) is 0 Å². The summed E-state index contributed by atoms with van der Waals surface area (Å²) in [6, 6.07) is 13.0. The number of hydrogen-bond acceptors (Lipinski definition) is 5. The molecule has 1 aliphatic carbocycles. The van der Waals surface area contributed by atoms with Crippen LogP contribution in [0.4, 0.5) is 5.69 Å². The number of rotatable bonds is 6. The van der Waals surface area contributed by atoms with Crippen LogP contribution in [-0.4, -0.2) is 23.1 Å². The molecule has 2 aromatic heterocycles. The van der Waals surface area contributed by atoms with Gasteiger partial charge in [-0.3, -0.25) is 4.79 Å². The molecule has 1 amide bonds. The predicted octanol–water partition coefficient (Wildman–Crippen LogP) is 5.76. The second kappa shape index (κ2) is 10.1. The Kier molecular flexibility index (Phi) is 6.99. The van der Waals surface area contributed by atoms with Gasteiger partial charge in [-0.25, -0.2) is 4.79 Å². The van der Waals surface area contributed by atoms with Crippen molar-refractivity contribution in [3.8, 4) is 11.1 Å². The Bertz CT molecular complexity index is 1310. The van der Waals surface area contributed by atoms with E-state index < -0.39 is 5.91 Å². The summed E-state index contributed by atoms with van der Waals surface area (Å²) in [6.07, 6.45) is 5.64. The number of ether oxygens (including phenoxy) is 1. The van der Waals surface area contributed by atoms with Gasteiger partial charge in [-0.05, 0) is 81.9 Å². The molecule has 34 heavy (non-hydrogen) atoms. The van der Waals surface area contributed by atoms with Crippen LogP contribution in [0.3, 0.4) is 0 Å². The van der Waals surface area contributed by atoms with Gasteiger partial charge in [0.1, 0.15) is 16.6 Å².